The normalized spacial score (nSPS) is 19.2. The van der Waals surface area contributed by atoms with Crippen LogP contribution in [-0.4, -0.2) is 75.5 Å². The van der Waals surface area contributed by atoms with Crippen molar-refractivity contribution in [3.63, 3.8) is 0 Å². The van der Waals surface area contributed by atoms with E-state index in [1.54, 1.807) is 22.8 Å². The molecule has 2 amide bonds. The number of amides is 2. The third kappa shape index (κ3) is 6.05. The number of aliphatic hydroxyl groups is 1. The number of carbonyl (C=O) groups is 2. The molecule has 6 rings (SSSR count). The van der Waals surface area contributed by atoms with Crippen LogP contribution >= 0.6 is 0 Å². The standard InChI is InChI=1S/C33H33N7O6/c1-44-22-13-21(14-23(15-22)45-2)31(42)39-26-28(41)24(46-33(26)40-18-38-27-29(34)36-17-37-30(27)40)16-35-32(43)25(19-9-5-3-6-10-19)20-11-7-4-8-12-20/h3-15,17-18,24-26,28,33,41H,16H2,1-2H3,(H,35,43)(H,39,42)(H2,34,36,37)/t24-,26-,28-,33-/m1/s1. The molecule has 5 N–H and O–H groups in total. The Balaban J connectivity index is 1.28. The number of hydrogen-bond donors (Lipinski definition) is 4. The highest BCUT2D eigenvalue weighted by atomic mass is 16.5. The van der Waals surface area contributed by atoms with Crippen LogP contribution in [0.4, 0.5) is 5.82 Å². The lowest BCUT2D eigenvalue weighted by Gasteiger charge is -2.23. The van der Waals surface area contributed by atoms with E-state index < -0.39 is 36.3 Å². The summed E-state index contributed by atoms with van der Waals surface area (Å²) < 4.78 is 18.6. The molecule has 13 heteroatoms. The van der Waals surface area contributed by atoms with Gasteiger partial charge in [-0.2, -0.15) is 0 Å². The minimum Gasteiger partial charge on any atom is -0.497 e. The van der Waals surface area contributed by atoms with Crippen molar-refractivity contribution in [3.05, 3.63) is 108 Å². The Bertz CT molecular complexity index is 1770. The van der Waals surface area contributed by atoms with Crippen LogP contribution < -0.4 is 25.8 Å². The lowest BCUT2D eigenvalue weighted by Crippen LogP contribution is -2.48. The molecule has 1 aliphatic rings. The summed E-state index contributed by atoms with van der Waals surface area (Å²) in [7, 11) is 2.97. The van der Waals surface area contributed by atoms with Gasteiger partial charge in [0.2, 0.25) is 5.91 Å². The second-order valence-corrected chi connectivity index (χ2v) is 10.7. The number of nitrogens with two attached hydrogens (primary N) is 1. The maximum atomic E-state index is 13.7. The molecule has 0 aliphatic carbocycles. The fourth-order valence-corrected chi connectivity index (χ4v) is 5.63. The molecule has 46 heavy (non-hydrogen) atoms. The average molecular weight is 624 g/mol. The summed E-state index contributed by atoms with van der Waals surface area (Å²) in [6.45, 7) is -0.0459. The minimum atomic E-state index is -1.25. The number of aliphatic hydroxyl groups excluding tert-OH is 1. The first kappa shape index (κ1) is 30.5. The number of anilines is 1. The van der Waals surface area contributed by atoms with Crippen LogP contribution in [-0.2, 0) is 9.53 Å². The van der Waals surface area contributed by atoms with E-state index in [-0.39, 0.29) is 23.8 Å². The van der Waals surface area contributed by atoms with Crippen molar-refractivity contribution in [2.45, 2.75) is 30.4 Å². The molecule has 0 bridgehead atoms. The molecular weight excluding hydrogens is 590 g/mol. The average Bonchev–Trinajstić information content (AvgIpc) is 3.65. The molecule has 0 saturated carbocycles. The Morgan fingerprint density at radius 1 is 0.957 bits per heavy atom. The number of nitrogens with zero attached hydrogens (tertiary/aromatic N) is 4. The fourth-order valence-electron chi connectivity index (χ4n) is 5.63. The summed E-state index contributed by atoms with van der Waals surface area (Å²) in [6.07, 6.45) is -0.370. The summed E-state index contributed by atoms with van der Waals surface area (Å²) >= 11 is 0. The van der Waals surface area contributed by atoms with E-state index in [1.807, 2.05) is 60.7 Å². The maximum Gasteiger partial charge on any atom is 0.252 e. The highest BCUT2D eigenvalue weighted by Crippen LogP contribution is 2.33. The molecule has 0 unspecified atom stereocenters. The Hall–Kier alpha value is -5.53. The molecule has 3 heterocycles. The van der Waals surface area contributed by atoms with E-state index in [1.165, 1.54) is 26.9 Å². The van der Waals surface area contributed by atoms with Crippen molar-refractivity contribution in [1.29, 1.82) is 0 Å². The zero-order valence-electron chi connectivity index (χ0n) is 25.1. The highest BCUT2D eigenvalue weighted by Gasteiger charge is 2.46. The van der Waals surface area contributed by atoms with Gasteiger partial charge in [0.1, 0.15) is 41.6 Å². The topological polar surface area (TPSA) is 176 Å². The number of methoxy groups -OCH3 is 2. The lowest BCUT2D eigenvalue weighted by atomic mass is 9.90. The van der Waals surface area contributed by atoms with Gasteiger partial charge in [-0.3, -0.25) is 14.2 Å². The van der Waals surface area contributed by atoms with Crippen LogP contribution in [0, 0.1) is 0 Å². The van der Waals surface area contributed by atoms with Crippen molar-refractivity contribution in [3.8, 4) is 11.5 Å². The van der Waals surface area contributed by atoms with E-state index in [0.29, 0.717) is 22.7 Å². The third-order valence-electron chi connectivity index (χ3n) is 7.95. The van der Waals surface area contributed by atoms with Crippen molar-refractivity contribution >= 4 is 28.8 Å². The first-order chi connectivity index (χ1) is 22.4. The van der Waals surface area contributed by atoms with Crippen molar-refractivity contribution < 1.29 is 28.9 Å². The predicted molar refractivity (Wildman–Crippen MR) is 168 cm³/mol. The smallest absolute Gasteiger partial charge is 0.252 e. The monoisotopic (exact) mass is 623 g/mol. The fraction of sp³-hybridized carbons (Fsp3) is 0.242. The molecule has 13 nitrogen and oxygen atoms in total. The molecular formula is C33H33N7O6. The number of aromatic nitrogens is 4. The number of nitrogen functional groups attached to an aromatic ring is 1. The summed E-state index contributed by atoms with van der Waals surface area (Å²) in [6, 6.07) is 22.6. The SMILES string of the molecule is COc1cc(OC)cc(C(=O)N[C@@H]2[C@H](O)[C@@H](CNC(=O)C(c3ccccc3)c3ccccc3)O[C@H]2n2cnc3c(N)ncnc32)c1. The van der Waals surface area contributed by atoms with Gasteiger partial charge in [-0.15, -0.1) is 0 Å². The molecule has 1 fully saturated rings. The molecule has 0 spiro atoms. The Morgan fingerprint density at radius 2 is 1.59 bits per heavy atom. The highest BCUT2D eigenvalue weighted by molar-refractivity contribution is 5.95. The second kappa shape index (κ2) is 13.2. The number of ether oxygens (including phenoxy) is 3. The van der Waals surface area contributed by atoms with Crippen LogP contribution in [0.3, 0.4) is 0 Å². The molecule has 4 atom stereocenters. The van der Waals surface area contributed by atoms with Gasteiger partial charge in [0.05, 0.1) is 26.5 Å². The van der Waals surface area contributed by atoms with Gasteiger partial charge in [-0.25, -0.2) is 15.0 Å². The van der Waals surface area contributed by atoms with Crippen LogP contribution in [0.25, 0.3) is 11.2 Å². The first-order valence-electron chi connectivity index (χ1n) is 14.6. The van der Waals surface area contributed by atoms with E-state index >= 15 is 0 Å². The molecule has 2 aromatic heterocycles. The number of fused-ring (bicyclic) bond motifs is 1. The number of benzene rings is 3. The number of imidazole rings is 1. The third-order valence-corrected chi connectivity index (χ3v) is 7.95. The van der Waals surface area contributed by atoms with E-state index in [4.69, 9.17) is 19.9 Å². The summed E-state index contributed by atoms with van der Waals surface area (Å²) in [4.78, 5) is 39.9. The van der Waals surface area contributed by atoms with Gasteiger partial charge < -0.3 is 35.7 Å². The lowest BCUT2D eigenvalue weighted by molar-refractivity contribution is -0.122. The second-order valence-electron chi connectivity index (χ2n) is 10.7. The Kier molecular flexibility index (Phi) is 8.76. The van der Waals surface area contributed by atoms with Gasteiger partial charge in [0, 0.05) is 18.2 Å². The van der Waals surface area contributed by atoms with E-state index in [9.17, 15) is 14.7 Å². The number of carbonyl (C=O) groups excluding carboxylic acids is 2. The van der Waals surface area contributed by atoms with E-state index in [2.05, 4.69) is 25.6 Å². The number of hydrogen-bond acceptors (Lipinski definition) is 10. The zero-order valence-corrected chi connectivity index (χ0v) is 25.1. The molecule has 5 aromatic rings. The van der Waals surface area contributed by atoms with Crippen molar-refractivity contribution in [1.82, 2.24) is 30.2 Å². The quantitative estimate of drug-likeness (QED) is 0.181. The van der Waals surface area contributed by atoms with Crippen molar-refractivity contribution in [2.75, 3.05) is 26.5 Å². The molecule has 1 aliphatic heterocycles. The van der Waals surface area contributed by atoms with Gasteiger partial charge in [-0.05, 0) is 23.3 Å². The molecule has 1 saturated heterocycles. The van der Waals surface area contributed by atoms with Gasteiger partial charge in [0.15, 0.2) is 17.7 Å². The zero-order chi connectivity index (χ0) is 32.2. The Labute approximate surface area is 264 Å². The van der Waals surface area contributed by atoms with Gasteiger partial charge in [0.25, 0.3) is 5.91 Å². The predicted octanol–water partition coefficient (Wildman–Crippen LogP) is 2.43. The summed E-state index contributed by atoms with van der Waals surface area (Å²) in [5.74, 6) is -0.357. The van der Waals surface area contributed by atoms with E-state index in [0.717, 1.165) is 11.1 Å². The summed E-state index contributed by atoms with van der Waals surface area (Å²) in [5, 5.41) is 17.5. The molecule has 0 radical (unpaired) electrons. The maximum absolute atomic E-state index is 13.7. The van der Waals surface area contributed by atoms with Crippen molar-refractivity contribution in [2.24, 2.45) is 0 Å². The largest absolute Gasteiger partial charge is 0.497 e. The first-order valence-corrected chi connectivity index (χ1v) is 14.6. The van der Waals surface area contributed by atoms with Crippen LogP contribution in [0.5, 0.6) is 11.5 Å². The number of rotatable bonds is 10. The number of nitrogens with one attached hydrogen (secondary N) is 2. The van der Waals surface area contributed by atoms with Gasteiger partial charge in [-0.1, -0.05) is 60.7 Å². The van der Waals surface area contributed by atoms with Crippen LogP contribution in [0.15, 0.2) is 91.5 Å². The molecule has 3 aromatic carbocycles. The molecule has 236 valence electrons. The summed E-state index contributed by atoms with van der Waals surface area (Å²) in [5.41, 5.74) is 8.59. The minimum absolute atomic E-state index is 0.0459. The van der Waals surface area contributed by atoms with Crippen LogP contribution in [0.2, 0.25) is 0 Å². The van der Waals surface area contributed by atoms with Crippen LogP contribution in [0.1, 0.15) is 33.6 Å². The Morgan fingerprint density at radius 3 is 2.20 bits per heavy atom. The van der Waals surface area contributed by atoms with Gasteiger partial charge >= 0.3 is 0 Å².